The second kappa shape index (κ2) is 7.56. The van der Waals surface area contributed by atoms with E-state index in [1.165, 1.54) is 18.2 Å². The molecule has 1 aliphatic heterocycles. The summed E-state index contributed by atoms with van der Waals surface area (Å²) in [7, 11) is 0. The van der Waals surface area contributed by atoms with Crippen LogP contribution in [0.1, 0.15) is 6.42 Å². The van der Waals surface area contributed by atoms with E-state index in [1.54, 1.807) is 11.0 Å². The molecule has 6 nitrogen and oxygen atoms in total. The van der Waals surface area contributed by atoms with E-state index in [4.69, 9.17) is 16.3 Å². The molecule has 0 radical (unpaired) electrons. The molecule has 1 aliphatic rings. The van der Waals surface area contributed by atoms with E-state index >= 15 is 0 Å². The van der Waals surface area contributed by atoms with Crippen molar-refractivity contribution in [1.29, 1.82) is 0 Å². The molecule has 0 saturated carbocycles. The SMILES string of the molecule is O=c1[nH]c2c(F)ccc(OC[C@]3(O)CCN(c4ccc(Cl)cc4F)C[C@H]3O)c2s1. The summed E-state index contributed by atoms with van der Waals surface area (Å²) in [5.74, 6) is -0.859. The zero-order valence-corrected chi connectivity index (χ0v) is 16.6. The van der Waals surface area contributed by atoms with Crippen LogP contribution in [0.2, 0.25) is 5.02 Å². The van der Waals surface area contributed by atoms with Crippen molar-refractivity contribution in [3.63, 3.8) is 0 Å². The van der Waals surface area contributed by atoms with Crippen molar-refractivity contribution in [3.8, 4) is 5.75 Å². The molecule has 2 aromatic carbocycles. The Labute approximate surface area is 172 Å². The number of thiazole rings is 1. The Balaban J connectivity index is 1.49. The smallest absolute Gasteiger partial charge is 0.305 e. The Bertz CT molecular complexity index is 1120. The van der Waals surface area contributed by atoms with Gasteiger partial charge in [-0.05, 0) is 36.8 Å². The van der Waals surface area contributed by atoms with Gasteiger partial charge in [0.25, 0.3) is 0 Å². The van der Waals surface area contributed by atoms with Gasteiger partial charge in [0.2, 0.25) is 0 Å². The first-order valence-electron chi connectivity index (χ1n) is 8.81. The van der Waals surface area contributed by atoms with E-state index in [2.05, 4.69) is 4.98 Å². The number of fused-ring (bicyclic) bond motifs is 1. The molecule has 2 atom stereocenters. The summed E-state index contributed by atoms with van der Waals surface area (Å²) in [6, 6.07) is 6.80. The van der Waals surface area contributed by atoms with Crippen molar-refractivity contribution in [2.24, 2.45) is 0 Å². The van der Waals surface area contributed by atoms with E-state index in [1.807, 2.05) is 0 Å². The van der Waals surface area contributed by atoms with Gasteiger partial charge < -0.3 is 24.8 Å². The van der Waals surface area contributed by atoms with Crippen LogP contribution >= 0.6 is 22.9 Å². The minimum absolute atomic E-state index is 0.00523. The number of aromatic nitrogens is 1. The molecule has 1 aromatic heterocycles. The topological polar surface area (TPSA) is 85.8 Å². The van der Waals surface area contributed by atoms with Crippen molar-refractivity contribution in [2.45, 2.75) is 18.1 Å². The number of hydrogen-bond acceptors (Lipinski definition) is 6. The Morgan fingerprint density at radius 3 is 2.83 bits per heavy atom. The molecule has 29 heavy (non-hydrogen) atoms. The van der Waals surface area contributed by atoms with Crippen LogP contribution in [0.3, 0.4) is 0 Å². The lowest BCUT2D eigenvalue weighted by atomic mass is 9.89. The minimum atomic E-state index is -1.58. The van der Waals surface area contributed by atoms with Crippen molar-refractivity contribution in [3.05, 3.63) is 56.7 Å². The Kier molecular flexibility index (Phi) is 5.24. The molecule has 0 bridgehead atoms. The van der Waals surface area contributed by atoms with Gasteiger partial charge in [0.1, 0.15) is 40.4 Å². The number of nitrogens with one attached hydrogen (secondary N) is 1. The molecule has 0 unspecified atom stereocenters. The first-order valence-corrected chi connectivity index (χ1v) is 10.0. The summed E-state index contributed by atoms with van der Waals surface area (Å²) in [5, 5.41) is 21.6. The molecule has 1 fully saturated rings. The van der Waals surface area contributed by atoms with E-state index in [9.17, 15) is 23.8 Å². The molecule has 0 spiro atoms. The molecule has 3 aromatic rings. The van der Waals surface area contributed by atoms with E-state index in [0.29, 0.717) is 4.70 Å². The van der Waals surface area contributed by atoms with Crippen molar-refractivity contribution in [2.75, 3.05) is 24.6 Å². The van der Waals surface area contributed by atoms with Gasteiger partial charge in [-0.3, -0.25) is 4.79 Å². The molecule has 1 saturated heterocycles. The van der Waals surface area contributed by atoms with Crippen LogP contribution in [0.25, 0.3) is 10.2 Å². The normalized spacial score (nSPS) is 22.2. The molecular weight excluding hydrogens is 426 g/mol. The number of rotatable bonds is 4. The molecule has 3 N–H and O–H groups in total. The third kappa shape index (κ3) is 3.83. The maximum absolute atomic E-state index is 14.2. The van der Waals surface area contributed by atoms with Crippen LogP contribution in [0.5, 0.6) is 5.75 Å². The summed E-state index contributed by atoms with van der Waals surface area (Å²) >= 11 is 6.57. The molecule has 4 rings (SSSR count). The van der Waals surface area contributed by atoms with Crippen LogP contribution in [-0.2, 0) is 0 Å². The fourth-order valence-electron chi connectivity index (χ4n) is 3.38. The standard InChI is InChI=1S/C19H17ClF2N2O4S/c20-10-1-3-13(12(22)7-10)24-6-5-19(27,15(25)8-24)9-28-14-4-2-11(21)16-17(14)29-18(26)23-16/h1-4,7,15,25,27H,5-6,8-9H2,(H,23,26)/t15-,19-/m1/s1. The van der Waals surface area contributed by atoms with Crippen LogP contribution in [0, 0.1) is 11.6 Å². The van der Waals surface area contributed by atoms with Crippen LogP contribution in [-0.4, -0.2) is 46.6 Å². The zero-order chi connectivity index (χ0) is 20.8. The first-order chi connectivity index (χ1) is 13.8. The molecule has 2 heterocycles. The number of benzene rings is 2. The quantitative estimate of drug-likeness (QED) is 0.578. The number of H-pyrrole nitrogens is 1. The van der Waals surface area contributed by atoms with Crippen LogP contribution in [0.4, 0.5) is 14.5 Å². The second-order valence-corrected chi connectivity index (χ2v) is 8.38. The van der Waals surface area contributed by atoms with Crippen molar-refractivity contribution >= 4 is 38.8 Å². The van der Waals surface area contributed by atoms with E-state index in [-0.39, 0.29) is 48.1 Å². The highest BCUT2D eigenvalue weighted by atomic mass is 35.5. The van der Waals surface area contributed by atoms with Gasteiger partial charge in [-0.25, -0.2) is 8.78 Å². The largest absolute Gasteiger partial charge is 0.489 e. The Morgan fingerprint density at radius 2 is 2.10 bits per heavy atom. The second-order valence-electron chi connectivity index (χ2n) is 6.96. The molecule has 154 valence electrons. The predicted molar refractivity (Wildman–Crippen MR) is 107 cm³/mol. The van der Waals surface area contributed by atoms with Gasteiger partial charge in [-0.2, -0.15) is 0 Å². The number of aliphatic hydroxyl groups excluding tert-OH is 1. The van der Waals surface area contributed by atoms with E-state index in [0.717, 1.165) is 17.4 Å². The lowest BCUT2D eigenvalue weighted by Gasteiger charge is -2.42. The van der Waals surface area contributed by atoms with Crippen molar-refractivity contribution in [1.82, 2.24) is 4.98 Å². The monoisotopic (exact) mass is 442 g/mol. The van der Waals surface area contributed by atoms with E-state index < -0.39 is 28.2 Å². The number of nitrogens with zero attached hydrogens (tertiary/aromatic N) is 1. The van der Waals surface area contributed by atoms with Gasteiger partial charge in [-0.15, -0.1) is 0 Å². The summed E-state index contributed by atoms with van der Waals surface area (Å²) in [6.45, 7) is 0.0123. The lowest BCUT2D eigenvalue weighted by Crippen LogP contribution is -2.58. The lowest BCUT2D eigenvalue weighted by molar-refractivity contribution is -0.108. The Hall–Kier alpha value is -2.20. The minimum Gasteiger partial charge on any atom is -0.489 e. The predicted octanol–water partition coefficient (Wildman–Crippen LogP) is 2.90. The maximum Gasteiger partial charge on any atom is 0.305 e. The average molecular weight is 443 g/mol. The first kappa shape index (κ1) is 20.1. The number of piperidine rings is 1. The average Bonchev–Trinajstić information content (AvgIpc) is 3.06. The van der Waals surface area contributed by atoms with Gasteiger partial charge in [0.15, 0.2) is 0 Å². The summed E-state index contributed by atoms with van der Waals surface area (Å²) in [6.07, 6.45) is -1.10. The fraction of sp³-hybridized carbons (Fsp3) is 0.316. The number of aromatic amines is 1. The number of aliphatic hydroxyl groups is 2. The highest BCUT2D eigenvalue weighted by molar-refractivity contribution is 7.16. The zero-order valence-electron chi connectivity index (χ0n) is 15.0. The third-order valence-corrected chi connectivity index (χ3v) is 6.18. The Morgan fingerprint density at radius 1 is 1.31 bits per heavy atom. The maximum atomic E-state index is 14.2. The number of β-amino-alcohol motifs (C(OH)–C–C–N with tert-alkyl or cyclic N) is 1. The number of anilines is 1. The summed E-state index contributed by atoms with van der Waals surface area (Å²) in [5.41, 5.74) is -1.26. The highest BCUT2D eigenvalue weighted by Gasteiger charge is 2.42. The van der Waals surface area contributed by atoms with Crippen LogP contribution < -0.4 is 14.5 Å². The van der Waals surface area contributed by atoms with Crippen LogP contribution in [0.15, 0.2) is 35.1 Å². The number of ether oxygens (including phenoxy) is 1. The highest BCUT2D eigenvalue weighted by Crippen LogP contribution is 2.33. The molecule has 0 aliphatic carbocycles. The summed E-state index contributed by atoms with van der Waals surface area (Å²) in [4.78, 5) is 15.1. The molecule has 10 heteroatoms. The van der Waals surface area contributed by atoms with Gasteiger partial charge >= 0.3 is 4.87 Å². The summed E-state index contributed by atoms with van der Waals surface area (Å²) < 4.78 is 33.9. The molecule has 0 amide bonds. The van der Waals surface area contributed by atoms with Gasteiger partial charge in [-0.1, -0.05) is 22.9 Å². The van der Waals surface area contributed by atoms with Crippen molar-refractivity contribution < 1.29 is 23.7 Å². The molecular formula is C19H17ClF2N2O4S. The number of halogens is 3. The van der Waals surface area contributed by atoms with Gasteiger partial charge in [0, 0.05) is 18.1 Å². The number of hydrogen-bond donors (Lipinski definition) is 3. The van der Waals surface area contributed by atoms with Gasteiger partial charge in [0.05, 0.1) is 11.2 Å². The fourth-order valence-corrected chi connectivity index (χ4v) is 4.36. The third-order valence-electron chi connectivity index (χ3n) is 5.05.